The van der Waals surface area contributed by atoms with Crippen LogP contribution in [0.2, 0.25) is 0 Å². The maximum atomic E-state index is 5.52. The minimum atomic E-state index is 0.709. The van der Waals surface area contributed by atoms with Gasteiger partial charge in [-0.25, -0.2) is 0 Å². The summed E-state index contributed by atoms with van der Waals surface area (Å²) in [7, 11) is 1.78. The molecule has 1 aliphatic carbocycles. The predicted octanol–water partition coefficient (Wildman–Crippen LogP) is 2.27. The molecule has 0 N–H and O–H groups in total. The molecule has 1 heterocycles. The lowest BCUT2D eigenvalue weighted by Crippen LogP contribution is -2.43. The van der Waals surface area contributed by atoms with Crippen molar-refractivity contribution in [1.82, 2.24) is 4.90 Å². The number of aryl methyl sites for hydroxylation is 1. The van der Waals surface area contributed by atoms with Crippen LogP contribution in [0.1, 0.15) is 24.0 Å². The van der Waals surface area contributed by atoms with E-state index >= 15 is 0 Å². The molecule has 1 saturated heterocycles. The van der Waals surface area contributed by atoms with E-state index in [9.17, 15) is 0 Å². The molecule has 0 unspecified atom stereocenters. The second-order valence-corrected chi connectivity index (χ2v) is 5.48. The zero-order valence-electron chi connectivity index (χ0n) is 11.7. The molecule has 1 aromatic carbocycles. The minimum absolute atomic E-state index is 0.709. The largest absolute Gasteiger partial charge is 0.496 e. The number of methoxy groups -OCH3 is 1. The SMILES string of the molecule is COc1cccc2c1CC[C@@H](N1CCOCC1)CC2. The van der Waals surface area contributed by atoms with E-state index in [0.717, 1.165) is 38.5 Å². The zero-order chi connectivity index (χ0) is 13.1. The van der Waals surface area contributed by atoms with Crippen LogP contribution in [0.4, 0.5) is 0 Å². The Morgan fingerprint density at radius 2 is 1.95 bits per heavy atom. The molecule has 0 spiro atoms. The van der Waals surface area contributed by atoms with Gasteiger partial charge in [-0.05, 0) is 42.9 Å². The lowest BCUT2D eigenvalue weighted by molar-refractivity contribution is 0.0136. The molecular formula is C16H23NO2. The molecule has 3 heteroatoms. The third-order valence-electron chi connectivity index (χ3n) is 4.49. The average Bonchev–Trinajstić information content (AvgIpc) is 2.70. The molecule has 1 fully saturated rings. The smallest absolute Gasteiger partial charge is 0.122 e. The molecule has 2 aliphatic rings. The monoisotopic (exact) mass is 261 g/mol. The Morgan fingerprint density at radius 1 is 1.16 bits per heavy atom. The van der Waals surface area contributed by atoms with E-state index in [1.165, 1.54) is 30.4 Å². The van der Waals surface area contributed by atoms with Gasteiger partial charge >= 0.3 is 0 Å². The van der Waals surface area contributed by atoms with Gasteiger partial charge < -0.3 is 9.47 Å². The normalized spacial score (nSPS) is 24.6. The van der Waals surface area contributed by atoms with Crippen molar-refractivity contribution in [2.75, 3.05) is 33.4 Å². The lowest BCUT2D eigenvalue weighted by Gasteiger charge is -2.33. The van der Waals surface area contributed by atoms with E-state index < -0.39 is 0 Å². The van der Waals surface area contributed by atoms with Gasteiger partial charge in [-0.2, -0.15) is 0 Å². The van der Waals surface area contributed by atoms with Gasteiger partial charge in [0.15, 0.2) is 0 Å². The molecule has 104 valence electrons. The Bertz CT molecular complexity index is 427. The van der Waals surface area contributed by atoms with Crippen LogP contribution in [0.25, 0.3) is 0 Å². The van der Waals surface area contributed by atoms with Crippen LogP contribution in [0.3, 0.4) is 0 Å². The first kappa shape index (κ1) is 12.9. The standard InChI is InChI=1S/C16H23NO2/c1-18-16-4-2-3-13-5-6-14(7-8-15(13)16)17-9-11-19-12-10-17/h2-4,14H,5-12H2,1H3/t14-/m0/s1. The van der Waals surface area contributed by atoms with Crippen molar-refractivity contribution in [3.63, 3.8) is 0 Å². The van der Waals surface area contributed by atoms with E-state index in [0.29, 0.717) is 6.04 Å². The van der Waals surface area contributed by atoms with Crippen molar-refractivity contribution < 1.29 is 9.47 Å². The van der Waals surface area contributed by atoms with E-state index in [1.807, 2.05) is 0 Å². The first-order valence-electron chi connectivity index (χ1n) is 7.35. The van der Waals surface area contributed by atoms with Crippen LogP contribution in [0.15, 0.2) is 18.2 Å². The summed E-state index contributed by atoms with van der Waals surface area (Å²) in [6, 6.07) is 7.18. The number of benzene rings is 1. The maximum Gasteiger partial charge on any atom is 0.122 e. The van der Waals surface area contributed by atoms with Crippen molar-refractivity contribution in [2.45, 2.75) is 31.7 Å². The minimum Gasteiger partial charge on any atom is -0.496 e. The highest BCUT2D eigenvalue weighted by atomic mass is 16.5. The third-order valence-corrected chi connectivity index (χ3v) is 4.49. The number of ether oxygens (including phenoxy) is 2. The molecule has 3 nitrogen and oxygen atoms in total. The molecule has 0 aromatic heterocycles. The fraction of sp³-hybridized carbons (Fsp3) is 0.625. The summed E-state index contributed by atoms with van der Waals surface area (Å²) in [6.07, 6.45) is 4.82. The Morgan fingerprint density at radius 3 is 2.74 bits per heavy atom. The summed E-state index contributed by atoms with van der Waals surface area (Å²) in [6.45, 7) is 3.98. The van der Waals surface area contributed by atoms with Crippen LogP contribution in [-0.2, 0) is 17.6 Å². The first-order valence-corrected chi connectivity index (χ1v) is 7.35. The van der Waals surface area contributed by atoms with Crippen LogP contribution < -0.4 is 4.74 Å². The van der Waals surface area contributed by atoms with Crippen molar-refractivity contribution in [1.29, 1.82) is 0 Å². The molecule has 0 amide bonds. The summed E-state index contributed by atoms with van der Waals surface area (Å²) >= 11 is 0. The van der Waals surface area contributed by atoms with Crippen LogP contribution >= 0.6 is 0 Å². The number of nitrogens with zero attached hydrogens (tertiary/aromatic N) is 1. The molecule has 0 saturated carbocycles. The van der Waals surface area contributed by atoms with Crippen molar-refractivity contribution >= 4 is 0 Å². The van der Waals surface area contributed by atoms with Crippen LogP contribution in [-0.4, -0.2) is 44.4 Å². The summed E-state index contributed by atoms with van der Waals surface area (Å²) in [4.78, 5) is 2.61. The van der Waals surface area contributed by atoms with Gasteiger partial charge in [0, 0.05) is 19.1 Å². The van der Waals surface area contributed by atoms with Crippen LogP contribution in [0.5, 0.6) is 5.75 Å². The molecule has 0 radical (unpaired) electrons. The Balaban J connectivity index is 1.73. The number of rotatable bonds is 2. The van der Waals surface area contributed by atoms with Gasteiger partial charge in [0.2, 0.25) is 0 Å². The highest BCUT2D eigenvalue weighted by Gasteiger charge is 2.24. The second kappa shape index (κ2) is 5.93. The van der Waals surface area contributed by atoms with Crippen molar-refractivity contribution in [3.8, 4) is 5.75 Å². The summed E-state index contributed by atoms with van der Waals surface area (Å²) in [5.41, 5.74) is 2.91. The Kier molecular flexibility index (Phi) is 4.04. The number of hydrogen-bond acceptors (Lipinski definition) is 3. The van der Waals surface area contributed by atoms with Gasteiger partial charge in [-0.15, -0.1) is 0 Å². The highest BCUT2D eigenvalue weighted by molar-refractivity contribution is 5.41. The summed E-state index contributed by atoms with van der Waals surface area (Å²) < 4.78 is 11.0. The maximum absolute atomic E-state index is 5.52. The Hall–Kier alpha value is -1.06. The first-order chi connectivity index (χ1) is 9.38. The number of morpholine rings is 1. The predicted molar refractivity (Wildman–Crippen MR) is 75.8 cm³/mol. The summed E-state index contributed by atoms with van der Waals surface area (Å²) in [5, 5.41) is 0. The van der Waals surface area contributed by atoms with Gasteiger partial charge in [-0.3, -0.25) is 4.90 Å². The lowest BCUT2D eigenvalue weighted by atomic mass is 10.0. The van der Waals surface area contributed by atoms with Crippen molar-refractivity contribution in [3.05, 3.63) is 29.3 Å². The van der Waals surface area contributed by atoms with Crippen LogP contribution in [0, 0.1) is 0 Å². The second-order valence-electron chi connectivity index (χ2n) is 5.48. The zero-order valence-corrected chi connectivity index (χ0v) is 11.7. The van der Waals surface area contributed by atoms with Gasteiger partial charge in [0.1, 0.15) is 5.75 Å². The molecule has 1 aromatic rings. The van der Waals surface area contributed by atoms with E-state index in [-0.39, 0.29) is 0 Å². The quantitative estimate of drug-likeness (QED) is 0.762. The van der Waals surface area contributed by atoms with Gasteiger partial charge in [0.25, 0.3) is 0 Å². The fourth-order valence-corrected chi connectivity index (χ4v) is 3.41. The topological polar surface area (TPSA) is 21.7 Å². The number of hydrogen-bond donors (Lipinski definition) is 0. The van der Waals surface area contributed by atoms with Gasteiger partial charge in [0.05, 0.1) is 20.3 Å². The molecule has 3 rings (SSSR count). The molecule has 1 aliphatic heterocycles. The van der Waals surface area contributed by atoms with E-state index in [2.05, 4.69) is 23.1 Å². The molecule has 19 heavy (non-hydrogen) atoms. The highest BCUT2D eigenvalue weighted by Crippen LogP contribution is 2.30. The molecular weight excluding hydrogens is 238 g/mol. The van der Waals surface area contributed by atoms with E-state index in [4.69, 9.17) is 9.47 Å². The molecule has 1 atom stereocenters. The number of fused-ring (bicyclic) bond motifs is 1. The van der Waals surface area contributed by atoms with E-state index in [1.54, 1.807) is 7.11 Å². The molecule has 0 bridgehead atoms. The average molecular weight is 261 g/mol. The Labute approximate surface area is 115 Å². The third kappa shape index (κ3) is 2.77. The summed E-state index contributed by atoms with van der Waals surface area (Å²) in [5.74, 6) is 1.07. The van der Waals surface area contributed by atoms with Gasteiger partial charge in [-0.1, -0.05) is 12.1 Å². The van der Waals surface area contributed by atoms with Crippen molar-refractivity contribution in [2.24, 2.45) is 0 Å². The fourth-order valence-electron chi connectivity index (χ4n) is 3.41.